The van der Waals surface area contributed by atoms with E-state index in [-0.39, 0.29) is 6.61 Å². The minimum absolute atomic E-state index is 0.141. The summed E-state index contributed by atoms with van der Waals surface area (Å²) in [5.74, 6) is -2.17. The van der Waals surface area contributed by atoms with Crippen LogP contribution >= 0.6 is 11.3 Å². The van der Waals surface area contributed by atoms with Crippen LogP contribution in [-0.4, -0.2) is 23.7 Å². The number of thiophene rings is 1. The topological polar surface area (TPSA) is 75.6 Å². The molecule has 5 nitrogen and oxygen atoms in total. The second-order valence-corrected chi connectivity index (χ2v) is 3.65. The van der Waals surface area contributed by atoms with Crippen LogP contribution in [-0.2, 0) is 14.3 Å². The number of hydrogen-bond donors (Lipinski definition) is 2. The standard InChI is InChI=1S/C10H11NO4S/c1-2-15-10(14)7(9(12)13)6-11-8-4-3-5-16-8/h3-6,11H,2H2,1H3,(H,12,13). The molecule has 1 aromatic heterocycles. The predicted octanol–water partition coefficient (Wildman–Crippen LogP) is 1.69. The van der Waals surface area contributed by atoms with Gasteiger partial charge in [-0.3, -0.25) is 0 Å². The number of ether oxygens (including phenoxy) is 1. The Balaban J connectivity index is 2.73. The average Bonchev–Trinajstić information content (AvgIpc) is 2.70. The molecule has 0 amide bonds. The molecule has 0 atom stereocenters. The van der Waals surface area contributed by atoms with E-state index in [2.05, 4.69) is 10.1 Å². The second kappa shape index (κ2) is 5.92. The van der Waals surface area contributed by atoms with Gasteiger partial charge < -0.3 is 15.2 Å². The van der Waals surface area contributed by atoms with Crippen molar-refractivity contribution in [2.45, 2.75) is 6.92 Å². The quantitative estimate of drug-likeness (QED) is 0.355. The molecule has 0 saturated heterocycles. The van der Waals surface area contributed by atoms with Crippen molar-refractivity contribution >= 4 is 28.3 Å². The number of rotatable bonds is 5. The van der Waals surface area contributed by atoms with E-state index >= 15 is 0 Å². The Kier molecular flexibility index (Phi) is 4.53. The molecule has 6 heteroatoms. The molecule has 1 aromatic rings. The van der Waals surface area contributed by atoms with Gasteiger partial charge in [-0.25, -0.2) is 9.59 Å². The highest BCUT2D eigenvalue weighted by molar-refractivity contribution is 7.14. The van der Waals surface area contributed by atoms with E-state index in [9.17, 15) is 9.59 Å². The molecule has 0 aliphatic rings. The van der Waals surface area contributed by atoms with Crippen molar-refractivity contribution in [3.63, 3.8) is 0 Å². The van der Waals surface area contributed by atoms with Gasteiger partial charge in [0.1, 0.15) is 0 Å². The summed E-state index contributed by atoms with van der Waals surface area (Å²) < 4.78 is 4.61. The summed E-state index contributed by atoms with van der Waals surface area (Å²) in [5.41, 5.74) is -0.421. The number of aliphatic carboxylic acids is 1. The monoisotopic (exact) mass is 241 g/mol. The third-order valence-electron chi connectivity index (χ3n) is 1.61. The van der Waals surface area contributed by atoms with Crippen molar-refractivity contribution in [1.82, 2.24) is 0 Å². The maximum atomic E-state index is 11.2. The lowest BCUT2D eigenvalue weighted by Gasteiger charge is -2.02. The Bertz CT molecular complexity index is 397. The van der Waals surface area contributed by atoms with E-state index in [1.54, 1.807) is 13.0 Å². The Morgan fingerprint density at radius 1 is 1.62 bits per heavy atom. The first-order valence-corrected chi connectivity index (χ1v) is 5.43. The van der Waals surface area contributed by atoms with E-state index in [1.165, 1.54) is 11.3 Å². The predicted molar refractivity (Wildman–Crippen MR) is 60.3 cm³/mol. The molecule has 0 bridgehead atoms. The number of hydrogen-bond acceptors (Lipinski definition) is 5. The minimum Gasteiger partial charge on any atom is -0.477 e. The Morgan fingerprint density at radius 3 is 2.88 bits per heavy atom. The minimum atomic E-state index is -1.32. The number of nitrogens with one attached hydrogen (secondary N) is 1. The molecule has 0 aliphatic carbocycles. The lowest BCUT2D eigenvalue weighted by Crippen LogP contribution is -2.16. The maximum absolute atomic E-state index is 11.2. The number of esters is 1. The summed E-state index contributed by atoms with van der Waals surface area (Å²) in [6.07, 6.45) is 1.13. The Labute approximate surface area is 96.4 Å². The molecule has 0 spiro atoms. The second-order valence-electron chi connectivity index (χ2n) is 2.71. The van der Waals surface area contributed by atoms with Crippen molar-refractivity contribution in [2.24, 2.45) is 0 Å². The first kappa shape index (κ1) is 12.3. The first-order valence-electron chi connectivity index (χ1n) is 4.55. The van der Waals surface area contributed by atoms with Crippen molar-refractivity contribution in [2.75, 3.05) is 11.9 Å². The van der Waals surface area contributed by atoms with Crippen LogP contribution in [0, 0.1) is 0 Å². The molecular weight excluding hydrogens is 230 g/mol. The van der Waals surface area contributed by atoms with Crippen molar-refractivity contribution in [1.29, 1.82) is 0 Å². The van der Waals surface area contributed by atoms with Gasteiger partial charge in [0.05, 0.1) is 11.6 Å². The molecule has 0 fully saturated rings. The molecule has 16 heavy (non-hydrogen) atoms. The van der Waals surface area contributed by atoms with Crippen LogP contribution in [0.4, 0.5) is 5.00 Å². The van der Waals surface area contributed by atoms with E-state index in [1.807, 2.05) is 11.4 Å². The van der Waals surface area contributed by atoms with Crippen LogP contribution in [0.3, 0.4) is 0 Å². The summed E-state index contributed by atoms with van der Waals surface area (Å²) in [6, 6.07) is 3.58. The van der Waals surface area contributed by atoms with Gasteiger partial charge in [0.15, 0.2) is 5.57 Å². The lowest BCUT2D eigenvalue weighted by molar-refractivity contribution is -0.143. The van der Waals surface area contributed by atoms with Gasteiger partial charge in [0.25, 0.3) is 0 Å². The average molecular weight is 241 g/mol. The van der Waals surface area contributed by atoms with Gasteiger partial charge in [-0.05, 0) is 24.4 Å². The van der Waals surface area contributed by atoms with Crippen LogP contribution in [0.25, 0.3) is 0 Å². The normalized spacial score (nSPS) is 10.9. The molecule has 0 radical (unpaired) electrons. The molecule has 0 saturated carbocycles. The molecule has 86 valence electrons. The van der Waals surface area contributed by atoms with Crippen LogP contribution in [0.15, 0.2) is 29.3 Å². The Hall–Kier alpha value is -1.82. The highest BCUT2D eigenvalue weighted by atomic mass is 32.1. The first-order chi connectivity index (χ1) is 7.65. The van der Waals surface area contributed by atoms with Gasteiger partial charge in [-0.15, -0.1) is 11.3 Å². The van der Waals surface area contributed by atoms with E-state index in [0.29, 0.717) is 0 Å². The number of carbonyl (C=O) groups excluding carboxylic acids is 1. The fourth-order valence-corrected chi connectivity index (χ4v) is 1.51. The van der Waals surface area contributed by atoms with Gasteiger partial charge in [-0.1, -0.05) is 0 Å². The van der Waals surface area contributed by atoms with Crippen LogP contribution < -0.4 is 5.32 Å². The van der Waals surface area contributed by atoms with E-state index in [0.717, 1.165) is 11.2 Å². The fourth-order valence-electron chi connectivity index (χ4n) is 0.921. The van der Waals surface area contributed by atoms with Crippen molar-refractivity contribution < 1.29 is 19.4 Å². The number of carboxylic acid groups (broad SMARTS) is 1. The number of carbonyl (C=O) groups is 2. The smallest absolute Gasteiger partial charge is 0.347 e. The maximum Gasteiger partial charge on any atom is 0.347 e. The number of anilines is 1. The zero-order chi connectivity index (χ0) is 12.0. The van der Waals surface area contributed by atoms with Crippen molar-refractivity contribution in [3.8, 4) is 0 Å². The molecule has 0 aromatic carbocycles. The molecule has 1 heterocycles. The molecule has 2 N–H and O–H groups in total. The third-order valence-corrected chi connectivity index (χ3v) is 2.41. The lowest BCUT2D eigenvalue weighted by atomic mass is 10.3. The summed E-state index contributed by atoms with van der Waals surface area (Å²) in [5, 5.41) is 14.1. The molecule has 0 unspecified atom stereocenters. The molecular formula is C10H11NO4S. The molecule has 0 aliphatic heterocycles. The van der Waals surface area contributed by atoms with Crippen LogP contribution in [0.5, 0.6) is 0 Å². The van der Waals surface area contributed by atoms with E-state index in [4.69, 9.17) is 5.11 Å². The fraction of sp³-hybridized carbons (Fsp3) is 0.200. The van der Waals surface area contributed by atoms with Gasteiger partial charge in [0.2, 0.25) is 0 Å². The highest BCUT2D eigenvalue weighted by Crippen LogP contribution is 2.15. The highest BCUT2D eigenvalue weighted by Gasteiger charge is 2.18. The van der Waals surface area contributed by atoms with Crippen LogP contribution in [0.2, 0.25) is 0 Å². The van der Waals surface area contributed by atoms with Gasteiger partial charge in [-0.2, -0.15) is 0 Å². The summed E-state index contributed by atoms with van der Waals surface area (Å²) >= 11 is 1.40. The SMILES string of the molecule is CCOC(=O)C(=CNc1cccs1)C(=O)O. The molecule has 1 rings (SSSR count). The van der Waals surface area contributed by atoms with E-state index < -0.39 is 17.5 Å². The Morgan fingerprint density at radius 2 is 2.38 bits per heavy atom. The summed E-state index contributed by atoms with van der Waals surface area (Å²) in [6.45, 7) is 1.76. The summed E-state index contributed by atoms with van der Waals surface area (Å²) in [7, 11) is 0. The number of carboxylic acids is 1. The van der Waals surface area contributed by atoms with Crippen molar-refractivity contribution in [3.05, 3.63) is 29.3 Å². The third kappa shape index (κ3) is 3.39. The van der Waals surface area contributed by atoms with Gasteiger partial charge in [0, 0.05) is 6.20 Å². The van der Waals surface area contributed by atoms with Crippen LogP contribution in [0.1, 0.15) is 6.92 Å². The largest absolute Gasteiger partial charge is 0.477 e. The van der Waals surface area contributed by atoms with Gasteiger partial charge >= 0.3 is 11.9 Å². The summed E-state index contributed by atoms with van der Waals surface area (Å²) in [4.78, 5) is 22.0. The zero-order valence-corrected chi connectivity index (χ0v) is 9.41. The zero-order valence-electron chi connectivity index (χ0n) is 8.60.